The van der Waals surface area contributed by atoms with Crippen LogP contribution in [0.25, 0.3) is 0 Å². The first-order chi connectivity index (χ1) is 8.52. The number of carbonyl (C=O) groups excluding carboxylic acids is 1. The maximum Gasteiger partial charge on any atom is 0.355 e. The van der Waals surface area contributed by atoms with Gasteiger partial charge in [0.25, 0.3) is 0 Å². The Morgan fingerprint density at radius 3 is 2.83 bits per heavy atom. The highest BCUT2D eigenvalue weighted by Crippen LogP contribution is 2.09. The number of thiazole rings is 1. The fraction of sp³-hybridized carbons (Fsp3) is 0.500. The van der Waals surface area contributed by atoms with Crippen LogP contribution in [0.15, 0.2) is 5.38 Å². The molecule has 2 amide bonds. The van der Waals surface area contributed by atoms with Crippen molar-refractivity contribution in [3.63, 3.8) is 0 Å². The molecule has 7 nitrogen and oxygen atoms in total. The summed E-state index contributed by atoms with van der Waals surface area (Å²) in [7, 11) is 1.56. The van der Waals surface area contributed by atoms with Crippen molar-refractivity contribution in [1.29, 1.82) is 0 Å². The molecular formula is C10H15N3O4S. The molecule has 1 aromatic rings. The predicted octanol–water partition coefficient (Wildman–Crippen LogP) is 0.675. The third-order valence-corrected chi connectivity index (χ3v) is 2.97. The number of amides is 2. The summed E-state index contributed by atoms with van der Waals surface area (Å²) in [5, 5.41) is 15.9. The molecule has 0 aliphatic heterocycles. The minimum Gasteiger partial charge on any atom is -0.476 e. The molecule has 18 heavy (non-hydrogen) atoms. The number of hydrogen-bond acceptors (Lipinski definition) is 5. The van der Waals surface area contributed by atoms with E-state index < -0.39 is 5.97 Å². The van der Waals surface area contributed by atoms with E-state index in [1.54, 1.807) is 7.11 Å². The predicted molar refractivity (Wildman–Crippen MR) is 65.8 cm³/mol. The van der Waals surface area contributed by atoms with Gasteiger partial charge < -0.3 is 20.5 Å². The summed E-state index contributed by atoms with van der Waals surface area (Å²) in [5.74, 6) is -1.07. The molecule has 8 heteroatoms. The second kappa shape index (κ2) is 6.92. The number of rotatable bonds is 6. The SMILES string of the molecule is COC(C)CNC(=O)NCc1nc(C(=O)O)cs1. The lowest BCUT2D eigenvalue weighted by molar-refractivity contribution is 0.0691. The van der Waals surface area contributed by atoms with Crippen molar-refractivity contribution in [1.82, 2.24) is 15.6 Å². The summed E-state index contributed by atoms with van der Waals surface area (Å²) in [6.07, 6.45) is -0.0609. The molecule has 0 aromatic carbocycles. The van der Waals surface area contributed by atoms with Gasteiger partial charge in [0, 0.05) is 19.0 Å². The molecule has 1 heterocycles. The standard InChI is InChI=1S/C10H15N3O4S/c1-6(17-2)3-11-10(16)12-4-8-13-7(5-18-8)9(14)15/h5-6H,3-4H2,1-2H3,(H,14,15)(H2,11,12,16). The highest BCUT2D eigenvalue weighted by molar-refractivity contribution is 7.09. The Labute approximate surface area is 108 Å². The maximum absolute atomic E-state index is 11.4. The van der Waals surface area contributed by atoms with E-state index in [1.807, 2.05) is 6.92 Å². The summed E-state index contributed by atoms with van der Waals surface area (Å²) in [6.45, 7) is 2.44. The van der Waals surface area contributed by atoms with E-state index in [0.29, 0.717) is 11.6 Å². The van der Waals surface area contributed by atoms with Crippen LogP contribution in [0.2, 0.25) is 0 Å². The van der Waals surface area contributed by atoms with Crippen molar-refractivity contribution in [2.45, 2.75) is 19.6 Å². The Kier molecular flexibility index (Phi) is 5.53. The molecule has 0 spiro atoms. The van der Waals surface area contributed by atoms with Gasteiger partial charge in [-0.15, -0.1) is 11.3 Å². The fourth-order valence-corrected chi connectivity index (χ4v) is 1.74. The summed E-state index contributed by atoms with van der Waals surface area (Å²) in [4.78, 5) is 25.8. The minimum absolute atomic E-state index is 0.00906. The van der Waals surface area contributed by atoms with Crippen LogP contribution < -0.4 is 10.6 Å². The van der Waals surface area contributed by atoms with Crippen LogP contribution in [0.5, 0.6) is 0 Å². The van der Waals surface area contributed by atoms with Gasteiger partial charge in [-0.05, 0) is 6.92 Å². The Bertz CT molecular complexity index is 421. The second-order valence-corrected chi connectivity index (χ2v) is 4.48. The van der Waals surface area contributed by atoms with Crippen LogP contribution in [-0.2, 0) is 11.3 Å². The van der Waals surface area contributed by atoms with Gasteiger partial charge in [-0.3, -0.25) is 0 Å². The van der Waals surface area contributed by atoms with Crippen molar-refractivity contribution in [3.8, 4) is 0 Å². The molecular weight excluding hydrogens is 258 g/mol. The second-order valence-electron chi connectivity index (χ2n) is 3.54. The number of ether oxygens (including phenoxy) is 1. The number of nitrogens with one attached hydrogen (secondary N) is 2. The number of carbonyl (C=O) groups is 2. The highest BCUT2D eigenvalue weighted by Gasteiger charge is 2.09. The summed E-state index contributed by atoms with van der Waals surface area (Å²) in [5.41, 5.74) is -0.00906. The van der Waals surface area contributed by atoms with E-state index in [-0.39, 0.29) is 24.4 Å². The Balaban J connectivity index is 2.31. The fourth-order valence-electron chi connectivity index (χ4n) is 1.03. The maximum atomic E-state index is 11.4. The molecule has 0 fully saturated rings. The quantitative estimate of drug-likeness (QED) is 0.707. The minimum atomic E-state index is -1.07. The molecule has 0 saturated heterocycles. The van der Waals surface area contributed by atoms with Crippen molar-refractivity contribution >= 4 is 23.3 Å². The average molecular weight is 273 g/mol. The normalized spacial score (nSPS) is 11.9. The van der Waals surface area contributed by atoms with Crippen LogP contribution in [-0.4, -0.2) is 41.8 Å². The van der Waals surface area contributed by atoms with Crippen LogP contribution in [0.1, 0.15) is 22.4 Å². The molecule has 0 aliphatic carbocycles. The third-order valence-electron chi connectivity index (χ3n) is 2.12. The van der Waals surface area contributed by atoms with Crippen LogP contribution >= 0.6 is 11.3 Å². The summed E-state index contributed by atoms with van der Waals surface area (Å²) >= 11 is 1.19. The number of methoxy groups -OCH3 is 1. The zero-order valence-electron chi connectivity index (χ0n) is 10.1. The third kappa shape index (κ3) is 4.68. The molecule has 100 valence electrons. The molecule has 1 rings (SSSR count). The first kappa shape index (κ1) is 14.4. The van der Waals surface area contributed by atoms with E-state index in [0.717, 1.165) is 0 Å². The van der Waals surface area contributed by atoms with Gasteiger partial charge in [0.05, 0.1) is 12.6 Å². The van der Waals surface area contributed by atoms with Crippen molar-refractivity contribution in [2.75, 3.05) is 13.7 Å². The first-order valence-corrected chi connectivity index (χ1v) is 6.13. The van der Waals surface area contributed by atoms with E-state index in [9.17, 15) is 9.59 Å². The first-order valence-electron chi connectivity index (χ1n) is 5.25. The average Bonchev–Trinajstić information content (AvgIpc) is 2.82. The molecule has 1 unspecified atom stereocenters. The van der Waals surface area contributed by atoms with Crippen LogP contribution in [0, 0.1) is 0 Å². The zero-order chi connectivity index (χ0) is 13.5. The van der Waals surface area contributed by atoms with Gasteiger partial charge in [0.2, 0.25) is 0 Å². The summed E-state index contributed by atoms with van der Waals surface area (Å²) < 4.78 is 4.97. The van der Waals surface area contributed by atoms with Crippen molar-refractivity contribution < 1.29 is 19.4 Å². The Hall–Kier alpha value is -1.67. The van der Waals surface area contributed by atoms with Gasteiger partial charge in [0.15, 0.2) is 5.69 Å². The van der Waals surface area contributed by atoms with E-state index in [4.69, 9.17) is 9.84 Å². The Morgan fingerprint density at radius 2 is 2.28 bits per heavy atom. The molecule has 0 aliphatic rings. The van der Waals surface area contributed by atoms with Crippen LogP contribution in [0.3, 0.4) is 0 Å². The Morgan fingerprint density at radius 1 is 1.56 bits per heavy atom. The smallest absolute Gasteiger partial charge is 0.355 e. The number of nitrogens with zero attached hydrogens (tertiary/aromatic N) is 1. The largest absolute Gasteiger partial charge is 0.476 e. The lowest BCUT2D eigenvalue weighted by Crippen LogP contribution is -2.39. The van der Waals surface area contributed by atoms with Crippen molar-refractivity contribution in [2.24, 2.45) is 0 Å². The number of carboxylic acid groups (broad SMARTS) is 1. The van der Waals surface area contributed by atoms with E-state index in [1.165, 1.54) is 16.7 Å². The number of hydrogen-bond donors (Lipinski definition) is 3. The number of aromatic carboxylic acids is 1. The lowest BCUT2D eigenvalue weighted by Gasteiger charge is -2.10. The van der Waals surface area contributed by atoms with Crippen LogP contribution in [0.4, 0.5) is 4.79 Å². The van der Waals surface area contributed by atoms with E-state index >= 15 is 0 Å². The number of urea groups is 1. The molecule has 1 aromatic heterocycles. The molecule has 0 saturated carbocycles. The van der Waals surface area contributed by atoms with Gasteiger partial charge >= 0.3 is 12.0 Å². The van der Waals surface area contributed by atoms with Gasteiger partial charge in [-0.25, -0.2) is 14.6 Å². The van der Waals surface area contributed by atoms with Gasteiger partial charge in [-0.1, -0.05) is 0 Å². The lowest BCUT2D eigenvalue weighted by atomic mass is 10.4. The van der Waals surface area contributed by atoms with Crippen molar-refractivity contribution in [3.05, 3.63) is 16.1 Å². The summed E-state index contributed by atoms with van der Waals surface area (Å²) in [6, 6.07) is -0.342. The van der Waals surface area contributed by atoms with Gasteiger partial charge in [0.1, 0.15) is 5.01 Å². The molecule has 1 atom stereocenters. The highest BCUT2D eigenvalue weighted by atomic mass is 32.1. The monoisotopic (exact) mass is 273 g/mol. The molecule has 0 bridgehead atoms. The molecule has 0 radical (unpaired) electrons. The molecule has 3 N–H and O–H groups in total. The topological polar surface area (TPSA) is 101 Å². The van der Waals surface area contributed by atoms with E-state index in [2.05, 4.69) is 15.6 Å². The number of carboxylic acids is 1. The number of aromatic nitrogens is 1. The van der Waals surface area contributed by atoms with Gasteiger partial charge in [-0.2, -0.15) is 0 Å². The zero-order valence-corrected chi connectivity index (χ0v) is 10.9.